The maximum atomic E-state index is 5.40. The fourth-order valence-corrected chi connectivity index (χ4v) is 2.87. The standard InChI is InChI=1S/C17H19N5O2/c1-23-14-8-12(9-18-10-14)15-11-19-17-3-2-16(21-22(15)17)20-13-4-6-24-7-5-13/h2-3,8-11,13H,4-7H2,1H3,(H,20,21). The number of ether oxygens (including phenoxy) is 2. The number of aromatic nitrogens is 4. The van der Waals surface area contributed by atoms with Gasteiger partial charge in [0.15, 0.2) is 5.65 Å². The molecule has 1 saturated heterocycles. The summed E-state index contributed by atoms with van der Waals surface area (Å²) >= 11 is 0. The summed E-state index contributed by atoms with van der Waals surface area (Å²) in [5, 5.41) is 8.18. The number of methoxy groups -OCH3 is 1. The summed E-state index contributed by atoms with van der Waals surface area (Å²) in [6.45, 7) is 1.59. The summed E-state index contributed by atoms with van der Waals surface area (Å²) in [7, 11) is 1.63. The molecule has 0 spiro atoms. The molecule has 1 fully saturated rings. The van der Waals surface area contributed by atoms with Crippen LogP contribution in [0, 0.1) is 0 Å². The molecular formula is C17H19N5O2. The fraction of sp³-hybridized carbons (Fsp3) is 0.353. The van der Waals surface area contributed by atoms with Gasteiger partial charge in [-0.3, -0.25) is 4.98 Å². The van der Waals surface area contributed by atoms with Gasteiger partial charge in [-0.2, -0.15) is 0 Å². The number of nitrogens with zero attached hydrogens (tertiary/aromatic N) is 4. The second-order valence-electron chi connectivity index (χ2n) is 5.78. The Labute approximate surface area is 139 Å². The zero-order valence-electron chi connectivity index (χ0n) is 13.5. The molecule has 4 rings (SSSR count). The van der Waals surface area contributed by atoms with Crippen LogP contribution >= 0.6 is 0 Å². The molecular weight excluding hydrogens is 306 g/mol. The molecule has 4 heterocycles. The van der Waals surface area contributed by atoms with Crippen molar-refractivity contribution in [1.29, 1.82) is 0 Å². The molecule has 1 N–H and O–H groups in total. The van der Waals surface area contributed by atoms with E-state index < -0.39 is 0 Å². The van der Waals surface area contributed by atoms with Crippen molar-refractivity contribution in [2.45, 2.75) is 18.9 Å². The molecule has 1 aliphatic rings. The molecule has 3 aromatic rings. The Morgan fingerprint density at radius 2 is 2.08 bits per heavy atom. The van der Waals surface area contributed by atoms with Crippen LogP contribution in [0.2, 0.25) is 0 Å². The molecule has 0 atom stereocenters. The van der Waals surface area contributed by atoms with Gasteiger partial charge in [0.05, 0.1) is 25.2 Å². The third-order valence-electron chi connectivity index (χ3n) is 4.18. The van der Waals surface area contributed by atoms with Crippen molar-refractivity contribution < 1.29 is 9.47 Å². The quantitative estimate of drug-likeness (QED) is 0.794. The minimum atomic E-state index is 0.397. The van der Waals surface area contributed by atoms with Gasteiger partial charge in [-0.05, 0) is 31.0 Å². The molecule has 1 aliphatic heterocycles. The minimum Gasteiger partial charge on any atom is -0.495 e. The molecule has 0 aliphatic carbocycles. The number of hydrogen-bond acceptors (Lipinski definition) is 6. The maximum absolute atomic E-state index is 5.40. The molecule has 124 valence electrons. The molecule has 7 nitrogen and oxygen atoms in total. The van der Waals surface area contributed by atoms with Crippen LogP contribution in [0.3, 0.4) is 0 Å². The van der Waals surface area contributed by atoms with Crippen molar-refractivity contribution in [3.8, 4) is 17.0 Å². The number of imidazole rings is 1. The largest absolute Gasteiger partial charge is 0.495 e. The van der Waals surface area contributed by atoms with E-state index in [0.29, 0.717) is 11.8 Å². The minimum absolute atomic E-state index is 0.397. The highest BCUT2D eigenvalue weighted by molar-refractivity contribution is 5.64. The Kier molecular flexibility index (Phi) is 4.00. The van der Waals surface area contributed by atoms with E-state index in [-0.39, 0.29) is 0 Å². The van der Waals surface area contributed by atoms with E-state index in [0.717, 1.165) is 48.8 Å². The zero-order chi connectivity index (χ0) is 16.4. The lowest BCUT2D eigenvalue weighted by Crippen LogP contribution is -2.28. The van der Waals surface area contributed by atoms with Crippen LogP contribution in [0.25, 0.3) is 16.9 Å². The maximum Gasteiger partial charge on any atom is 0.154 e. The molecule has 0 radical (unpaired) electrons. The molecule has 7 heteroatoms. The van der Waals surface area contributed by atoms with E-state index in [9.17, 15) is 0 Å². The summed E-state index contributed by atoms with van der Waals surface area (Å²) < 4.78 is 12.5. The first-order chi connectivity index (χ1) is 11.8. The SMILES string of the molecule is COc1cncc(-c2cnc3ccc(NC4CCOCC4)nn23)c1. The average Bonchev–Trinajstić information content (AvgIpc) is 3.06. The van der Waals surface area contributed by atoms with Crippen molar-refractivity contribution in [3.05, 3.63) is 36.8 Å². The van der Waals surface area contributed by atoms with Gasteiger partial charge in [0.25, 0.3) is 0 Å². The first-order valence-electron chi connectivity index (χ1n) is 8.02. The number of fused-ring (bicyclic) bond motifs is 1. The number of anilines is 1. The summed E-state index contributed by atoms with van der Waals surface area (Å²) in [5.41, 5.74) is 2.59. The van der Waals surface area contributed by atoms with Crippen LogP contribution in [0.1, 0.15) is 12.8 Å². The van der Waals surface area contributed by atoms with Gasteiger partial charge >= 0.3 is 0 Å². The number of rotatable bonds is 4. The van der Waals surface area contributed by atoms with Crippen molar-refractivity contribution in [2.75, 3.05) is 25.6 Å². The van der Waals surface area contributed by atoms with Gasteiger partial charge in [-0.1, -0.05) is 0 Å². The topological polar surface area (TPSA) is 73.6 Å². The van der Waals surface area contributed by atoms with Gasteiger partial charge in [-0.25, -0.2) is 9.50 Å². The lowest BCUT2D eigenvalue weighted by Gasteiger charge is -2.23. The van der Waals surface area contributed by atoms with Crippen LogP contribution in [0.4, 0.5) is 5.82 Å². The molecule has 0 aromatic carbocycles. The first-order valence-corrected chi connectivity index (χ1v) is 8.02. The number of pyridine rings is 1. The smallest absolute Gasteiger partial charge is 0.154 e. The van der Waals surface area contributed by atoms with Crippen molar-refractivity contribution >= 4 is 11.5 Å². The summed E-state index contributed by atoms with van der Waals surface area (Å²) in [5.74, 6) is 1.54. The van der Waals surface area contributed by atoms with Crippen LogP contribution in [0.5, 0.6) is 5.75 Å². The van der Waals surface area contributed by atoms with E-state index in [2.05, 4.69) is 15.3 Å². The zero-order valence-corrected chi connectivity index (χ0v) is 13.5. The van der Waals surface area contributed by atoms with Crippen LogP contribution < -0.4 is 10.1 Å². The Hall–Kier alpha value is -2.67. The monoisotopic (exact) mass is 325 g/mol. The average molecular weight is 325 g/mol. The number of nitrogens with one attached hydrogen (secondary N) is 1. The molecule has 0 unspecified atom stereocenters. The Bertz CT molecular complexity index is 842. The molecule has 0 bridgehead atoms. The van der Waals surface area contributed by atoms with E-state index in [1.54, 1.807) is 25.7 Å². The summed E-state index contributed by atoms with van der Waals surface area (Å²) in [6, 6.07) is 6.25. The second-order valence-corrected chi connectivity index (χ2v) is 5.78. The molecule has 3 aromatic heterocycles. The van der Waals surface area contributed by atoms with Gasteiger partial charge < -0.3 is 14.8 Å². The van der Waals surface area contributed by atoms with Crippen LogP contribution in [-0.2, 0) is 4.74 Å². The summed E-state index contributed by atoms with van der Waals surface area (Å²) in [4.78, 5) is 8.63. The first kappa shape index (κ1) is 14.9. The van der Waals surface area contributed by atoms with Crippen molar-refractivity contribution in [1.82, 2.24) is 19.6 Å². The van der Waals surface area contributed by atoms with Gasteiger partial charge in [0.1, 0.15) is 11.6 Å². The summed E-state index contributed by atoms with van der Waals surface area (Å²) in [6.07, 6.45) is 7.26. The predicted molar refractivity (Wildman–Crippen MR) is 90.2 cm³/mol. The second kappa shape index (κ2) is 6.45. The molecule has 24 heavy (non-hydrogen) atoms. The highest BCUT2D eigenvalue weighted by atomic mass is 16.5. The highest BCUT2D eigenvalue weighted by Gasteiger charge is 2.15. The molecule has 0 amide bonds. The van der Waals surface area contributed by atoms with E-state index in [4.69, 9.17) is 14.6 Å². The van der Waals surface area contributed by atoms with E-state index in [1.165, 1.54) is 0 Å². The lowest BCUT2D eigenvalue weighted by molar-refractivity contribution is 0.0903. The van der Waals surface area contributed by atoms with Crippen LogP contribution in [-0.4, -0.2) is 45.9 Å². The highest BCUT2D eigenvalue weighted by Crippen LogP contribution is 2.24. The normalized spacial score (nSPS) is 15.5. The third-order valence-corrected chi connectivity index (χ3v) is 4.18. The molecule has 0 saturated carbocycles. The third kappa shape index (κ3) is 2.90. The number of hydrogen-bond donors (Lipinski definition) is 1. The van der Waals surface area contributed by atoms with Crippen molar-refractivity contribution in [2.24, 2.45) is 0 Å². The fourth-order valence-electron chi connectivity index (χ4n) is 2.87. The van der Waals surface area contributed by atoms with Gasteiger partial charge in [-0.15, -0.1) is 5.10 Å². The Balaban J connectivity index is 1.67. The predicted octanol–water partition coefficient (Wildman–Crippen LogP) is 2.39. The van der Waals surface area contributed by atoms with Crippen molar-refractivity contribution in [3.63, 3.8) is 0 Å². The van der Waals surface area contributed by atoms with Gasteiger partial charge in [0, 0.05) is 31.0 Å². The Morgan fingerprint density at radius 3 is 2.92 bits per heavy atom. The van der Waals surface area contributed by atoms with E-state index in [1.807, 2.05) is 22.7 Å². The lowest BCUT2D eigenvalue weighted by atomic mass is 10.1. The Morgan fingerprint density at radius 1 is 1.21 bits per heavy atom. The van der Waals surface area contributed by atoms with Gasteiger partial charge in [0.2, 0.25) is 0 Å². The van der Waals surface area contributed by atoms with E-state index >= 15 is 0 Å². The van der Waals surface area contributed by atoms with Crippen LogP contribution in [0.15, 0.2) is 36.8 Å².